The fraction of sp³-hybridized carbons (Fsp3) is 0.0714. The zero-order chi connectivity index (χ0) is 13.3. The molecule has 0 radical (unpaired) electrons. The highest BCUT2D eigenvalue weighted by Gasteiger charge is 2.16. The summed E-state index contributed by atoms with van der Waals surface area (Å²) in [6.07, 6.45) is 0. The summed E-state index contributed by atoms with van der Waals surface area (Å²) >= 11 is 11.9. The van der Waals surface area contributed by atoms with E-state index in [2.05, 4.69) is 0 Å². The average molecular weight is 283 g/mol. The number of aryl methyl sites for hydroxylation is 1. The van der Waals surface area contributed by atoms with Gasteiger partial charge in [-0.2, -0.15) is 0 Å². The molecule has 92 valence electrons. The number of halogens is 3. The molecular formula is C14H9Cl2FO. The number of hydrogen-bond acceptors (Lipinski definition) is 1. The lowest BCUT2D eigenvalue weighted by molar-refractivity contribution is 0.103. The minimum absolute atomic E-state index is 0.216. The summed E-state index contributed by atoms with van der Waals surface area (Å²) in [5.74, 6) is -0.638. The average Bonchev–Trinajstić information content (AvgIpc) is 2.32. The molecule has 0 amide bonds. The van der Waals surface area contributed by atoms with Crippen molar-refractivity contribution in [1.82, 2.24) is 0 Å². The van der Waals surface area contributed by atoms with E-state index in [1.807, 2.05) is 0 Å². The van der Waals surface area contributed by atoms with E-state index < -0.39 is 0 Å². The Morgan fingerprint density at radius 3 is 2.50 bits per heavy atom. The number of hydrogen-bond donors (Lipinski definition) is 0. The SMILES string of the molecule is Cc1cc(F)ccc1C(=O)c1cccc(Cl)c1Cl. The van der Waals surface area contributed by atoms with E-state index in [0.717, 1.165) is 0 Å². The number of benzene rings is 2. The predicted octanol–water partition coefficient (Wildman–Crippen LogP) is 4.67. The van der Waals surface area contributed by atoms with Gasteiger partial charge in [-0.15, -0.1) is 0 Å². The second-order valence-electron chi connectivity index (χ2n) is 3.89. The van der Waals surface area contributed by atoms with Crippen LogP contribution in [-0.2, 0) is 0 Å². The van der Waals surface area contributed by atoms with Crippen LogP contribution in [0.15, 0.2) is 36.4 Å². The first-order valence-corrected chi connectivity index (χ1v) is 6.01. The second-order valence-corrected chi connectivity index (χ2v) is 4.67. The normalized spacial score (nSPS) is 10.4. The zero-order valence-corrected chi connectivity index (χ0v) is 11.0. The van der Waals surface area contributed by atoms with Crippen LogP contribution in [0.25, 0.3) is 0 Å². The first-order valence-electron chi connectivity index (χ1n) is 5.25. The Morgan fingerprint density at radius 1 is 1.11 bits per heavy atom. The second kappa shape index (κ2) is 5.09. The van der Waals surface area contributed by atoms with Gasteiger partial charge in [0.1, 0.15) is 5.82 Å². The fourth-order valence-electron chi connectivity index (χ4n) is 1.71. The van der Waals surface area contributed by atoms with Gasteiger partial charge in [-0.1, -0.05) is 29.3 Å². The summed E-state index contributed by atoms with van der Waals surface area (Å²) in [5.41, 5.74) is 1.30. The Kier molecular flexibility index (Phi) is 3.69. The van der Waals surface area contributed by atoms with Gasteiger partial charge in [0.05, 0.1) is 10.0 Å². The van der Waals surface area contributed by atoms with E-state index in [1.165, 1.54) is 18.2 Å². The lowest BCUT2D eigenvalue weighted by atomic mass is 9.99. The molecule has 0 aliphatic carbocycles. The van der Waals surface area contributed by atoms with Crippen molar-refractivity contribution < 1.29 is 9.18 Å². The van der Waals surface area contributed by atoms with Crippen molar-refractivity contribution in [3.8, 4) is 0 Å². The third kappa shape index (κ3) is 2.40. The first-order chi connectivity index (χ1) is 8.50. The van der Waals surface area contributed by atoms with Crippen LogP contribution in [0, 0.1) is 12.7 Å². The van der Waals surface area contributed by atoms with Crippen molar-refractivity contribution in [2.75, 3.05) is 0 Å². The maximum atomic E-state index is 13.0. The third-order valence-electron chi connectivity index (χ3n) is 2.63. The minimum atomic E-state index is -0.374. The van der Waals surface area contributed by atoms with Gasteiger partial charge in [0.15, 0.2) is 5.78 Å². The molecular weight excluding hydrogens is 274 g/mol. The van der Waals surface area contributed by atoms with Gasteiger partial charge in [-0.05, 0) is 42.8 Å². The molecule has 0 saturated heterocycles. The van der Waals surface area contributed by atoms with Gasteiger partial charge in [0.25, 0.3) is 0 Å². The summed E-state index contributed by atoms with van der Waals surface area (Å²) in [6, 6.07) is 8.87. The van der Waals surface area contributed by atoms with Crippen LogP contribution in [0.3, 0.4) is 0 Å². The van der Waals surface area contributed by atoms with Crippen LogP contribution in [0.1, 0.15) is 21.5 Å². The maximum absolute atomic E-state index is 13.0. The summed E-state index contributed by atoms with van der Waals surface area (Å²) in [6.45, 7) is 1.68. The molecule has 4 heteroatoms. The molecule has 0 heterocycles. The van der Waals surface area contributed by atoms with E-state index in [1.54, 1.807) is 25.1 Å². The standard InChI is InChI=1S/C14H9Cl2FO/c1-8-7-9(17)5-6-10(8)14(18)11-3-2-4-12(15)13(11)16/h2-7H,1H3. The molecule has 1 nitrogen and oxygen atoms in total. The van der Waals surface area contributed by atoms with Crippen LogP contribution in [0.2, 0.25) is 10.0 Å². The number of carbonyl (C=O) groups excluding carboxylic acids is 1. The third-order valence-corrected chi connectivity index (χ3v) is 3.45. The van der Waals surface area contributed by atoms with Crippen LogP contribution in [0.5, 0.6) is 0 Å². The molecule has 0 bridgehead atoms. The van der Waals surface area contributed by atoms with E-state index in [0.29, 0.717) is 21.7 Å². The maximum Gasteiger partial charge on any atom is 0.194 e. The summed E-state index contributed by atoms with van der Waals surface area (Å²) in [4.78, 5) is 12.3. The summed E-state index contributed by atoms with van der Waals surface area (Å²) < 4.78 is 13.0. The lowest BCUT2D eigenvalue weighted by Gasteiger charge is -2.07. The van der Waals surface area contributed by atoms with Crippen molar-refractivity contribution in [1.29, 1.82) is 0 Å². The van der Waals surface area contributed by atoms with Crippen LogP contribution in [0.4, 0.5) is 4.39 Å². The molecule has 0 aromatic heterocycles. The molecule has 0 N–H and O–H groups in total. The van der Waals surface area contributed by atoms with E-state index in [4.69, 9.17) is 23.2 Å². The number of carbonyl (C=O) groups is 1. The number of rotatable bonds is 2. The molecule has 18 heavy (non-hydrogen) atoms. The molecule has 2 aromatic carbocycles. The molecule has 0 saturated carbocycles. The summed E-state index contributed by atoms with van der Waals surface area (Å²) in [7, 11) is 0. The highest BCUT2D eigenvalue weighted by molar-refractivity contribution is 6.44. The van der Waals surface area contributed by atoms with E-state index in [9.17, 15) is 9.18 Å². The van der Waals surface area contributed by atoms with Crippen molar-refractivity contribution >= 4 is 29.0 Å². The molecule has 0 fully saturated rings. The van der Waals surface area contributed by atoms with Crippen LogP contribution < -0.4 is 0 Å². The highest BCUT2D eigenvalue weighted by Crippen LogP contribution is 2.28. The van der Waals surface area contributed by atoms with Crippen molar-refractivity contribution in [2.24, 2.45) is 0 Å². The largest absolute Gasteiger partial charge is 0.289 e. The quantitative estimate of drug-likeness (QED) is 0.732. The van der Waals surface area contributed by atoms with Gasteiger partial charge in [0, 0.05) is 11.1 Å². The van der Waals surface area contributed by atoms with Gasteiger partial charge in [0.2, 0.25) is 0 Å². The van der Waals surface area contributed by atoms with Gasteiger partial charge >= 0.3 is 0 Å². The minimum Gasteiger partial charge on any atom is -0.289 e. The van der Waals surface area contributed by atoms with Gasteiger partial charge in [-0.3, -0.25) is 4.79 Å². The van der Waals surface area contributed by atoms with E-state index in [-0.39, 0.29) is 16.6 Å². The topological polar surface area (TPSA) is 17.1 Å². The smallest absolute Gasteiger partial charge is 0.194 e. The predicted molar refractivity (Wildman–Crippen MR) is 71.0 cm³/mol. The molecule has 0 aliphatic rings. The van der Waals surface area contributed by atoms with Crippen LogP contribution >= 0.6 is 23.2 Å². The molecule has 2 rings (SSSR count). The molecule has 0 unspecified atom stereocenters. The lowest BCUT2D eigenvalue weighted by Crippen LogP contribution is -2.05. The van der Waals surface area contributed by atoms with E-state index >= 15 is 0 Å². The van der Waals surface area contributed by atoms with Crippen molar-refractivity contribution in [3.05, 3.63) is 69.0 Å². The highest BCUT2D eigenvalue weighted by atomic mass is 35.5. The fourth-order valence-corrected chi connectivity index (χ4v) is 2.09. The monoisotopic (exact) mass is 282 g/mol. The van der Waals surface area contributed by atoms with Crippen molar-refractivity contribution in [3.63, 3.8) is 0 Å². The molecule has 0 atom stereocenters. The Morgan fingerprint density at radius 2 is 1.83 bits per heavy atom. The number of ketones is 1. The van der Waals surface area contributed by atoms with Gasteiger partial charge < -0.3 is 0 Å². The Bertz CT molecular complexity index is 623. The Balaban J connectivity index is 2.51. The Hall–Kier alpha value is -1.38. The molecule has 0 aliphatic heterocycles. The van der Waals surface area contributed by atoms with Crippen LogP contribution in [-0.4, -0.2) is 5.78 Å². The molecule has 0 spiro atoms. The zero-order valence-electron chi connectivity index (χ0n) is 9.51. The van der Waals surface area contributed by atoms with Crippen molar-refractivity contribution in [2.45, 2.75) is 6.92 Å². The van der Waals surface area contributed by atoms with Gasteiger partial charge in [-0.25, -0.2) is 4.39 Å². The summed E-state index contributed by atoms with van der Waals surface area (Å²) in [5, 5.41) is 0.537. The molecule has 2 aromatic rings. The first kappa shape index (κ1) is 13.1. The Labute approximate surface area is 114 Å².